The Bertz CT molecular complexity index is 223. The van der Waals surface area contributed by atoms with Gasteiger partial charge in [0, 0.05) is 18.9 Å². The number of rotatable bonds is 3. The molecule has 5 heteroatoms. The molecule has 1 amide bonds. The van der Waals surface area contributed by atoms with Crippen LogP contribution < -0.4 is 5.32 Å². The lowest BCUT2D eigenvalue weighted by Gasteiger charge is -2.14. The van der Waals surface area contributed by atoms with Crippen LogP contribution in [0.1, 0.15) is 32.6 Å². The highest BCUT2D eigenvalue weighted by atomic mass is 79.9. The number of hydrogen-bond donors (Lipinski definition) is 1. The number of hydrogen-bond acceptors (Lipinski definition) is 1. The predicted molar refractivity (Wildman–Crippen MR) is 53.7 cm³/mol. The molecule has 0 aliphatic heterocycles. The largest absolute Gasteiger partial charge is 0.352 e. The second-order valence-electron chi connectivity index (χ2n) is 3.68. The van der Waals surface area contributed by atoms with E-state index < -0.39 is 5.92 Å². The maximum absolute atomic E-state index is 12.8. The normalized spacial score (nSPS) is 27.3. The van der Waals surface area contributed by atoms with Crippen LogP contribution in [0.15, 0.2) is 0 Å². The minimum absolute atomic E-state index is 0.114. The molecule has 1 fully saturated rings. The van der Waals surface area contributed by atoms with Gasteiger partial charge in [-0.05, 0) is 12.8 Å². The smallest absolute Gasteiger partial charge is 0.250 e. The average molecular weight is 270 g/mol. The van der Waals surface area contributed by atoms with Crippen molar-refractivity contribution >= 4 is 21.8 Å². The van der Waals surface area contributed by atoms with E-state index in [1.165, 1.54) is 0 Å². The van der Waals surface area contributed by atoms with Crippen molar-refractivity contribution in [3.8, 4) is 0 Å². The van der Waals surface area contributed by atoms with E-state index in [4.69, 9.17) is 0 Å². The second-order valence-corrected chi connectivity index (χ2v) is 4.79. The lowest BCUT2D eigenvalue weighted by atomic mass is 10.2. The molecule has 0 radical (unpaired) electrons. The van der Waals surface area contributed by atoms with Gasteiger partial charge >= 0.3 is 0 Å². The molecule has 82 valence electrons. The Labute approximate surface area is 90.6 Å². The molecule has 14 heavy (non-hydrogen) atoms. The molecule has 1 rings (SSSR count). The molecule has 2 unspecified atom stereocenters. The summed E-state index contributed by atoms with van der Waals surface area (Å²) in [5, 5.41) is 2.62. The Kier molecular flexibility index (Phi) is 3.86. The lowest BCUT2D eigenvalue weighted by Crippen LogP contribution is -2.38. The van der Waals surface area contributed by atoms with E-state index in [1.807, 2.05) is 6.92 Å². The third-order valence-electron chi connectivity index (χ3n) is 2.39. The maximum atomic E-state index is 12.8. The van der Waals surface area contributed by atoms with Gasteiger partial charge < -0.3 is 5.32 Å². The number of nitrogens with one attached hydrogen (secondary N) is 1. The zero-order valence-corrected chi connectivity index (χ0v) is 9.61. The van der Waals surface area contributed by atoms with Crippen LogP contribution in [-0.4, -0.2) is 22.7 Å². The first-order chi connectivity index (χ1) is 6.44. The fraction of sp³-hybridized carbons (Fsp3) is 0.889. The van der Waals surface area contributed by atoms with Gasteiger partial charge in [-0.2, -0.15) is 0 Å². The van der Waals surface area contributed by atoms with Crippen molar-refractivity contribution in [3.63, 3.8) is 0 Å². The lowest BCUT2D eigenvalue weighted by molar-refractivity contribution is -0.121. The number of halogens is 3. The fourth-order valence-electron chi connectivity index (χ4n) is 1.55. The monoisotopic (exact) mass is 269 g/mol. The molecule has 0 bridgehead atoms. The maximum Gasteiger partial charge on any atom is 0.250 e. The van der Waals surface area contributed by atoms with Gasteiger partial charge in [0.25, 0.3) is 0 Å². The summed E-state index contributed by atoms with van der Waals surface area (Å²) in [6.07, 6.45) is 0.705. The van der Waals surface area contributed by atoms with E-state index in [1.54, 1.807) is 0 Å². The minimum Gasteiger partial charge on any atom is -0.352 e. The number of alkyl halides is 3. The van der Waals surface area contributed by atoms with Crippen molar-refractivity contribution in [1.82, 2.24) is 5.32 Å². The standard InChI is InChI=1S/C9H14BrF2NO/c1-2-7(10)8(14)13-6-3-4-9(11,12)5-6/h6-7H,2-5H2,1H3,(H,13,14). The van der Waals surface area contributed by atoms with Crippen molar-refractivity contribution in [1.29, 1.82) is 0 Å². The fourth-order valence-corrected chi connectivity index (χ4v) is 1.68. The van der Waals surface area contributed by atoms with Crippen LogP contribution in [0.5, 0.6) is 0 Å². The quantitative estimate of drug-likeness (QED) is 0.784. The molecule has 2 nitrogen and oxygen atoms in total. The summed E-state index contributed by atoms with van der Waals surface area (Å²) in [6.45, 7) is 1.86. The van der Waals surface area contributed by atoms with Crippen LogP contribution in [-0.2, 0) is 4.79 Å². The van der Waals surface area contributed by atoms with Crippen molar-refractivity contribution in [3.05, 3.63) is 0 Å². The highest BCUT2D eigenvalue weighted by Gasteiger charge is 2.40. The Morgan fingerprint density at radius 1 is 1.71 bits per heavy atom. The Morgan fingerprint density at radius 3 is 2.79 bits per heavy atom. The van der Waals surface area contributed by atoms with Gasteiger partial charge in [0.15, 0.2) is 0 Å². The van der Waals surface area contributed by atoms with Gasteiger partial charge in [-0.25, -0.2) is 8.78 Å². The minimum atomic E-state index is -2.59. The van der Waals surface area contributed by atoms with Crippen LogP contribution in [0.3, 0.4) is 0 Å². The number of carbonyl (C=O) groups excluding carboxylic acids is 1. The summed E-state index contributed by atoms with van der Waals surface area (Å²) in [4.78, 5) is 11.1. The van der Waals surface area contributed by atoms with Gasteiger partial charge in [0.05, 0.1) is 4.83 Å². The molecule has 0 heterocycles. The van der Waals surface area contributed by atoms with Crippen molar-refractivity contribution in [2.24, 2.45) is 0 Å². The average Bonchev–Trinajstić information content (AvgIpc) is 2.44. The molecule has 1 saturated carbocycles. The van der Waals surface area contributed by atoms with E-state index in [-0.39, 0.29) is 29.6 Å². The van der Waals surface area contributed by atoms with Crippen LogP contribution in [0.2, 0.25) is 0 Å². The van der Waals surface area contributed by atoms with Crippen LogP contribution in [0.4, 0.5) is 8.78 Å². The van der Waals surface area contributed by atoms with Gasteiger partial charge in [-0.15, -0.1) is 0 Å². The molecule has 0 aromatic carbocycles. The topological polar surface area (TPSA) is 29.1 Å². The van der Waals surface area contributed by atoms with E-state index in [0.717, 1.165) is 0 Å². The van der Waals surface area contributed by atoms with E-state index in [2.05, 4.69) is 21.2 Å². The van der Waals surface area contributed by atoms with Crippen molar-refractivity contribution < 1.29 is 13.6 Å². The van der Waals surface area contributed by atoms with Gasteiger partial charge in [-0.1, -0.05) is 22.9 Å². The molecule has 0 aromatic heterocycles. The highest BCUT2D eigenvalue weighted by molar-refractivity contribution is 9.10. The first-order valence-corrected chi connectivity index (χ1v) is 5.68. The zero-order chi connectivity index (χ0) is 10.8. The summed E-state index contributed by atoms with van der Waals surface area (Å²) in [5.74, 6) is -2.78. The Morgan fingerprint density at radius 2 is 2.36 bits per heavy atom. The first-order valence-electron chi connectivity index (χ1n) is 4.77. The summed E-state index contributed by atoms with van der Waals surface area (Å²) in [7, 11) is 0. The molecule has 1 N–H and O–H groups in total. The van der Waals surface area contributed by atoms with Gasteiger partial charge in [0.1, 0.15) is 0 Å². The summed E-state index contributed by atoms with van der Waals surface area (Å²) in [6, 6.07) is -0.357. The van der Waals surface area contributed by atoms with Gasteiger partial charge in [-0.3, -0.25) is 4.79 Å². The molecule has 2 atom stereocenters. The van der Waals surface area contributed by atoms with E-state index >= 15 is 0 Å². The second kappa shape index (κ2) is 4.55. The third-order valence-corrected chi connectivity index (χ3v) is 3.46. The first kappa shape index (κ1) is 11.9. The zero-order valence-electron chi connectivity index (χ0n) is 8.03. The molecule has 0 spiro atoms. The van der Waals surface area contributed by atoms with Crippen molar-refractivity contribution in [2.75, 3.05) is 0 Å². The van der Waals surface area contributed by atoms with E-state index in [0.29, 0.717) is 12.8 Å². The number of amides is 1. The summed E-state index contributed by atoms with van der Waals surface area (Å²) < 4.78 is 25.5. The molecular formula is C9H14BrF2NO. The van der Waals surface area contributed by atoms with Gasteiger partial charge in [0.2, 0.25) is 11.8 Å². The molecule has 1 aliphatic rings. The molecule has 0 saturated heterocycles. The predicted octanol–water partition coefficient (Wildman–Crippen LogP) is 2.46. The molecule has 0 aromatic rings. The SMILES string of the molecule is CCC(Br)C(=O)NC1CCC(F)(F)C1. The van der Waals surface area contributed by atoms with E-state index in [9.17, 15) is 13.6 Å². The van der Waals surface area contributed by atoms with Crippen LogP contribution in [0, 0.1) is 0 Å². The Hall–Kier alpha value is -0.190. The highest BCUT2D eigenvalue weighted by Crippen LogP contribution is 2.34. The summed E-state index contributed by atoms with van der Waals surface area (Å²) >= 11 is 3.18. The number of carbonyl (C=O) groups is 1. The molecular weight excluding hydrogens is 256 g/mol. The third kappa shape index (κ3) is 3.19. The van der Waals surface area contributed by atoms with Crippen LogP contribution in [0.25, 0.3) is 0 Å². The molecule has 1 aliphatic carbocycles. The summed E-state index contributed by atoms with van der Waals surface area (Å²) in [5.41, 5.74) is 0. The van der Waals surface area contributed by atoms with Crippen molar-refractivity contribution in [2.45, 2.75) is 49.4 Å². The Balaban J connectivity index is 2.36. The van der Waals surface area contributed by atoms with Crippen LogP contribution >= 0.6 is 15.9 Å².